The number of halogens is 1. The van der Waals surface area contributed by atoms with E-state index in [1.807, 2.05) is 30.3 Å². The van der Waals surface area contributed by atoms with E-state index < -0.39 is 0 Å². The Hall–Kier alpha value is -2.75. The largest absolute Gasteiger partial charge is 0.396 e. The minimum atomic E-state index is -0.166. The SMILES string of the molecule is C/C(=C(\CCO)SC(=O)c1ccc(Br)c2ccccc12)N(C=O)Cc1cnc(C)nc1N. The van der Waals surface area contributed by atoms with Gasteiger partial charge in [-0.05, 0) is 48.5 Å². The van der Waals surface area contributed by atoms with Crippen LogP contribution in [0.4, 0.5) is 5.82 Å². The first-order valence-electron chi connectivity index (χ1n) is 9.85. The Morgan fingerprint density at radius 2 is 1.97 bits per heavy atom. The summed E-state index contributed by atoms with van der Waals surface area (Å²) in [7, 11) is 0. The number of nitrogen functional groups attached to an aromatic ring is 1. The maximum absolute atomic E-state index is 13.2. The Morgan fingerprint density at radius 1 is 1.25 bits per heavy atom. The van der Waals surface area contributed by atoms with Gasteiger partial charge in [0.25, 0.3) is 0 Å². The van der Waals surface area contributed by atoms with Gasteiger partial charge in [0, 0.05) is 45.4 Å². The Morgan fingerprint density at radius 3 is 2.62 bits per heavy atom. The van der Waals surface area contributed by atoms with Gasteiger partial charge in [-0.15, -0.1) is 0 Å². The molecule has 0 bridgehead atoms. The highest BCUT2D eigenvalue weighted by atomic mass is 79.9. The summed E-state index contributed by atoms with van der Waals surface area (Å²) < 4.78 is 0.905. The Labute approximate surface area is 198 Å². The summed E-state index contributed by atoms with van der Waals surface area (Å²) >= 11 is 4.54. The van der Waals surface area contributed by atoms with Crippen molar-refractivity contribution >= 4 is 55.8 Å². The quantitative estimate of drug-likeness (QED) is 0.427. The molecule has 0 radical (unpaired) electrons. The van der Waals surface area contributed by atoms with Crippen molar-refractivity contribution in [2.75, 3.05) is 12.3 Å². The molecule has 0 saturated heterocycles. The summed E-state index contributed by atoms with van der Waals surface area (Å²) in [6.45, 7) is 3.48. The van der Waals surface area contributed by atoms with Crippen molar-refractivity contribution in [3.05, 3.63) is 74.6 Å². The van der Waals surface area contributed by atoms with Crippen LogP contribution in [0.2, 0.25) is 0 Å². The molecule has 0 aliphatic heterocycles. The molecule has 2 aromatic carbocycles. The first-order valence-corrected chi connectivity index (χ1v) is 11.5. The number of carbonyl (C=O) groups excluding carboxylic acids is 2. The third-order valence-electron chi connectivity index (χ3n) is 4.97. The number of aryl methyl sites for hydroxylation is 1. The van der Waals surface area contributed by atoms with Crippen LogP contribution in [0.1, 0.15) is 35.1 Å². The summed E-state index contributed by atoms with van der Waals surface area (Å²) in [5, 5.41) is 11.2. The number of fused-ring (bicyclic) bond motifs is 1. The van der Waals surface area contributed by atoms with E-state index in [0.29, 0.717) is 39.8 Å². The molecule has 0 saturated carbocycles. The zero-order chi connectivity index (χ0) is 23.3. The van der Waals surface area contributed by atoms with E-state index in [1.165, 1.54) is 4.90 Å². The van der Waals surface area contributed by atoms with Gasteiger partial charge >= 0.3 is 0 Å². The highest BCUT2D eigenvalue weighted by Crippen LogP contribution is 2.33. The van der Waals surface area contributed by atoms with Crippen LogP contribution in [0, 0.1) is 6.92 Å². The van der Waals surface area contributed by atoms with E-state index in [9.17, 15) is 14.7 Å². The highest BCUT2D eigenvalue weighted by molar-refractivity contribution is 9.10. The molecule has 0 spiro atoms. The zero-order valence-corrected chi connectivity index (χ0v) is 20.1. The van der Waals surface area contributed by atoms with Crippen molar-refractivity contribution < 1.29 is 14.7 Å². The van der Waals surface area contributed by atoms with Gasteiger partial charge in [0.05, 0.1) is 6.54 Å². The number of nitrogens with two attached hydrogens (primary N) is 1. The lowest BCUT2D eigenvalue weighted by Gasteiger charge is -2.22. The average molecular weight is 515 g/mol. The molecule has 3 N–H and O–H groups in total. The fourth-order valence-electron chi connectivity index (χ4n) is 3.23. The number of benzene rings is 2. The average Bonchev–Trinajstić information content (AvgIpc) is 2.78. The molecule has 9 heteroatoms. The second-order valence-corrected chi connectivity index (χ2v) is 9.00. The standard InChI is InChI=1S/C23H23BrN4O3S/c1-14(28(13-30)12-16-11-26-15(2)27-22(16)25)21(9-10-29)32-23(31)19-7-8-20(24)18-6-4-3-5-17(18)19/h3-8,11,13,29H,9-10,12H2,1-2H3,(H2,25,26,27)/b21-14-. The number of thioether (sulfide) groups is 1. The molecule has 3 rings (SSSR count). The van der Waals surface area contributed by atoms with Crippen LogP contribution in [0.15, 0.2) is 57.7 Å². The van der Waals surface area contributed by atoms with Gasteiger partial charge in [0.1, 0.15) is 11.6 Å². The summed E-state index contributed by atoms with van der Waals surface area (Å²) in [5.74, 6) is 0.839. The summed E-state index contributed by atoms with van der Waals surface area (Å²) in [6, 6.07) is 11.3. The lowest BCUT2D eigenvalue weighted by molar-refractivity contribution is -0.116. The fraction of sp³-hybridized carbons (Fsp3) is 0.217. The molecule has 0 aliphatic rings. The lowest BCUT2D eigenvalue weighted by Crippen LogP contribution is -2.22. The zero-order valence-electron chi connectivity index (χ0n) is 17.7. The van der Waals surface area contributed by atoms with Crippen LogP contribution in [-0.2, 0) is 11.3 Å². The summed E-state index contributed by atoms with van der Waals surface area (Å²) in [4.78, 5) is 35.4. The van der Waals surface area contributed by atoms with E-state index in [2.05, 4.69) is 25.9 Å². The van der Waals surface area contributed by atoms with E-state index in [0.717, 1.165) is 27.0 Å². The van der Waals surface area contributed by atoms with Crippen molar-refractivity contribution in [2.24, 2.45) is 0 Å². The van der Waals surface area contributed by atoms with Crippen molar-refractivity contribution in [3.63, 3.8) is 0 Å². The molecule has 1 amide bonds. The topological polar surface area (TPSA) is 109 Å². The van der Waals surface area contributed by atoms with Gasteiger partial charge in [-0.25, -0.2) is 9.97 Å². The second-order valence-electron chi connectivity index (χ2n) is 7.07. The molecule has 7 nitrogen and oxygen atoms in total. The van der Waals surface area contributed by atoms with E-state index in [-0.39, 0.29) is 24.7 Å². The number of carbonyl (C=O) groups is 2. The van der Waals surface area contributed by atoms with Gasteiger partial charge in [0.15, 0.2) is 0 Å². The van der Waals surface area contributed by atoms with Crippen LogP contribution >= 0.6 is 27.7 Å². The molecule has 1 heterocycles. The molecule has 1 aromatic heterocycles. The monoisotopic (exact) mass is 514 g/mol. The van der Waals surface area contributed by atoms with Crippen LogP contribution in [-0.4, -0.2) is 38.1 Å². The lowest BCUT2D eigenvalue weighted by atomic mass is 10.1. The van der Waals surface area contributed by atoms with Crippen LogP contribution in [0.5, 0.6) is 0 Å². The number of aromatic nitrogens is 2. The maximum atomic E-state index is 13.2. The minimum absolute atomic E-state index is 0.156. The summed E-state index contributed by atoms with van der Waals surface area (Å²) in [5.41, 5.74) is 7.69. The van der Waals surface area contributed by atoms with Gasteiger partial charge < -0.3 is 15.7 Å². The molecule has 0 unspecified atom stereocenters. The fourth-order valence-corrected chi connectivity index (χ4v) is 4.68. The number of aliphatic hydroxyl groups is 1. The minimum Gasteiger partial charge on any atom is -0.396 e. The number of aliphatic hydroxyl groups excluding tert-OH is 1. The third-order valence-corrected chi connectivity index (χ3v) is 6.81. The molecule has 0 atom stereocenters. The van der Waals surface area contributed by atoms with Crippen LogP contribution in [0.3, 0.4) is 0 Å². The molecular formula is C23H23BrN4O3S. The molecule has 166 valence electrons. The first-order chi connectivity index (χ1) is 15.3. The molecule has 3 aromatic rings. The summed E-state index contributed by atoms with van der Waals surface area (Å²) in [6.07, 6.45) is 2.49. The molecule has 32 heavy (non-hydrogen) atoms. The van der Waals surface area contributed by atoms with Gasteiger partial charge in [-0.1, -0.05) is 40.2 Å². The molecule has 0 fully saturated rings. The smallest absolute Gasteiger partial charge is 0.224 e. The Balaban J connectivity index is 1.92. The number of rotatable bonds is 8. The van der Waals surface area contributed by atoms with Crippen LogP contribution in [0.25, 0.3) is 10.8 Å². The highest BCUT2D eigenvalue weighted by Gasteiger charge is 2.19. The van der Waals surface area contributed by atoms with Crippen LogP contribution < -0.4 is 5.73 Å². The van der Waals surface area contributed by atoms with Gasteiger partial charge in [-0.3, -0.25) is 9.59 Å². The van der Waals surface area contributed by atoms with E-state index in [1.54, 1.807) is 26.1 Å². The van der Waals surface area contributed by atoms with Gasteiger partial charge in [-0.2, -0.15) is 0 Å². The number of allylic oxidation sites excluding steroid dienone is 1. The number of hydrogen-bond acceptors (Lipinski definition) is 7. The molecule has 0 aliphatic carbocycles. The van der Waals surface area contributed by atoms with Crippen molar-refractivity contribution in [2.45, 2.75) is 26.8 Å². The Bertz CT molecular complexity index is 1200. The van der Waals surface area contributed by atoms with Gasteiger partial charge in [0.2, 0.25) is 11.5 Å². The maximum Gasteiger partial charge on any atom is 0.224 e. The Kier molecular flexibility index (Phi) is 8.00. The van der Waals surface area contributed by atoms with E-state index in [4.69, 9.17) is 5.73 Å². The predicted molar refractivity (Wildman–Crippen MR) is 131 cm³/mol. The number of nitrogens with zero attached hydrogens (tertiary/aromatic N) is 3. The van der Waals surface area contributed by atoms with E-state index >= 15 is 0 Å². The number of amides is 1. The number of hydrogen-bond donors (Lipinski definition) is 2. The van der Waals surface area contributed by atoms with Crippen molar-refractivity contribution in [3.8, 4) is 0 Å². The number of anilines is 1. The first kappa shape index (κ1) is 23.9. The van der Waals surface area contributed by atoms with Crippen molar-refractivity contribution in [1.82, 2.24) is 14.9 Å². The molecular weight excluding hydrogens is 492 g/mol. The normalized spacial score (nSPS) is 11.9. The van der Waals surface area contributed by atoms with Crippen molar-refractivity contribution in [1.29, 1.82) is 0 Å². The predicted octanol–water partition coefficient (Wildman–Crippen LogP) is 4.43. The third kappa shape index (κ3) is 5.35. The second kappa shape index (κ2) is 10.7.